The lowest BCUT2D eigenvalue weighted by Gasteiger charge is -2.05. The Kier molecular flexibility index (Phi) is 4.85. The summed E-state index contributed by atoms with van der Waals surface area (Å²) >= 11 is 0. The fourth-order valence-corrected chi connectivity index (χ4v) is 1.58. The molecule has 0 aliphatic heterocycles. The van der Waals surface area contributed by atoms with Gasteiger partial charge in [-0.25, -0.2) is 9.97 Å². The molecule has 0 saturated carbocycles. The van der Waals surface area contributed by atoms with E-state index in [1.165, 1.54) is 0 Å². The van der Waals surface area contributed by atoms with Crippen molar-refractivity contribution in [3.05, 3.63) is 24.4 Å². The molecule has 1 heterocycles. The first-order valence-electron chi connectivity index (χ1n) is 5.51. The molecule has 0 atom stereocenters. The third kappa shape index (κ3) is 3.30. The number of nitrogens with one attached hydrogen (secondary N) is 1. The van der Waals surface area contributed by atoms with Crippen LogP contribution in [0.25, 0.3) is 10.9 Å². The second-order valence-electron chi connectivity index (χ2n) is 3.80. The molecule has 0 aliphatic carbocycles. The van der Waals surface area contributed by atoms with Crippen LogP contribution in [0.5, 0.6) is 0 Å². The van der Waals surface area contributed by atoms with Crippen molar-refractivity contribution in [2.75, 3.05) is 11.1 Å². The zero-order chi connectivity index (χ0) is 12.3. The number of carbonyl (C=O) groups is 1. The highest BCUT2D eigenvalue weighted by molar-refractivity contribution is 5.93. The van der Waals surface area contributed by atoms with Crippen LogP contribution in [0.3, 0.4) is 0 Å². The summed E-state index contributed by atoms with van der Waals surface area (Å²) < 4.78 is 0. The summed E-state index contributed by atoms with van der Waals surface area (Å²) in [5, 5.41) is 3.68. The van der Waals surface area contributed by atoms with Crippen molar-refractivity contribution in [2.45, 2.75) is 19.8 Å². The second kappa shape index (κ2) is 6.16. The average molecular weight is 267 g/mol. The Balaban J connectivity index is 0.00000162. The number of nitrogen functional groups attached to an aromatic ring is 1. The molecule has 0 fully saturated rings. The predicted molar refractivity (Wildman–Crippen MR) is 74.7 cm³/mol. The van der Waals surface area contributed by atoms with Crippen LogP contribution in [0.2, 0.25) is 0 Å². The van der Waals surface area contributed by atoms with Gasteiger partial charge in [0.2, 0.25) is 11.9 Å². The van der Waals surface area contributed by atoms with Crippen molar-refractivity contribution in [1.29, 1.82) is 0 Å². The topological polar surface area (TPSA) is 80.9 Å². The molecule has 0 bridgehead atoms. The molecule has 1 amide bonds. The molecular weight excluding hydrogens is 252 g/mol. The van der Waals surface area contributed by atoms with Crippen LogP contribution >= 0.6 is 12.4 Å². The Bertz CT molecular complexity index is 559. The number of fused-ring (bicyclic) bond motifs is 1. The van der Waals surface area contributed by atoms with Gasteiger partial charge in [-0.2, -0.15) is 0 Å². The number of rotatable bonds is 3. The van der Waals surface area contributed by atoms with Crippen LogP contribution in [-0.2, 0) is 4.79 Å². The Labute approximate surface area is 111 Å². The van der Waals surface area contributed by atoms with E-state index < -0.39 is 0 Å². The highest BCUT2D eigenvalue weighted by Crippen LogP contribution is 2.17. The highest BCUT2D eigenvalue weighted by atomic mass is 35.5. The van der Waals surface area contributed by atoms with E-state index in [9.17, 15) is 4.79 Å². The number of hydrogen-bond acceptors (Lipinski definition) is 4. The van der Waals surface area contributed by atoms with Gasteiger partial charge in [0.05, 0.1) is 5.52 Å². The van der Waals surface area contributed by atoms with Crippen LogP contribution in [0.15, 0.2) is 24.4 Å². The molecular formula is C12H15ClN4O. The van der Waals surface area contributed by atoms with Gasteiger partial charge in [-0.1, -0.05) is 6.92 Å². The summed E-state index contributed by atoms with van der Waals surface area (Å²) in [7, 11) is 0. The van der Waals surface area contributed by atoms with Crippen molar-refractivity contribution < 1.29 is 4.79 Å². The first-order valence-corrected chi connectivity index (χ1v) is 5.51. The number of aromatic nitrogens is 2. The van der Waals surface area contributed by atoms with E-state index in [1.807, 2.05) is 25.1 Å². The Morgan fingerprint density at radius 1 is 1.44 bits per heavy atom. The first-order chi connectivity index (χ1) is 8.19. The molecule has 6 heteroatoms. The number of anilines is 2. The first kappa shape index (κ1) is 14.2. The molecule has 3 N–H and O–H groups in total. The van der Waals surface area contributed by atoms with Gasteiger partial charge in [0.25, 0.3) is 0 Å². The maximum absolute atomic E-state index is 11.4. The lowest BCUT2D eigenvalue weighted by molar-refractivity contribution is -0.116. The summed E-state index contributed by atoms with van der Waals surface area (Å²) in [6.07, 6.45) is 3.00. The quantitative estimate of drug-likeness (QED) is 0.894. The van der Waals surface area contributed by atoms with E-state index in [-0.39, 0.29) is 24.3 Å². The van der Waals surface area contributed by atoms with E-state index >= 15 is 0 Å². The molecule has 2 aromatic rings. The SMILES string of the molecule is CCCC(=O)Nc1ccc2nc(N)ncc2c1.Cl. The van der Waals surface area contributed by atoms with Gasteiger partial charge in [0, 0.05) is 23.7 Å². The normalized spacial score (nSPS) is 9.83. The molecule has 96 valence electrons. The molecule has 5 nitrogen and oxygen atoms in total. The van der Waals surface area contributed by atoms with E-state index in [0.29, 0.717) is 6.42 Å². The van der Waals surface area contributed by atoms with E-state index in [0.717, 1.165) is 23.0 Å². The van der Waals surface area contributed by atoms with Crippen molar-refractivity contribution in [2.24, 2.45) is 0 Å². The highest BCUT2D eigenvalue weighted by Gasteiger charge is 2.02. The van der Waals surface area contributed by atoms with Crippen molar-refractivity contribution in [1.82, 2.24) is 9.97 Å². The van der Waals surface area contributed by atoms with Crippen LogP contribution in [0.4, 0.5) is 11.6 Å². The minimum absolute atomic E-state index is 0. The van der Waals surface area contributed by atoms with Crippen LogP contribution in [0.1, 0.15) is 19.8 Å². The molecule has 0 spiro atoms. The Morgan fingerprint density at radius 3 is 2.94 bits per heavy atom. The van der Waals surface area contributed by atoms with Gasteiger partial charge in [0.15, 0.2) is 0 Å². The lowest BCUT2D eigenvalue weighted by atomic mass is 10.2. The number of halogens is 1. The molecule has 1 aromatic heterocycles. The van der Waals surface area contributed by atoms with Crippen molar-refractivity contribution in [3.8, 4) is 0 Å². The standard InChI is InChI=1S/C12H14N4O.ClH/c1-2-3-11(17)15-9-4-5-10-8(6-9)7-14-12(13)16-10;/h4-7H,2-3H2,1H3,(H,15,17)(H2,13,14,16);1H. The van der Waals surface area contributed by atoms with E-state index in [1.54, 1.807) is 6.20 Å². The number of carbonyl (C=O) groups excluding carboxylic acids is 1. The summed E-state index contributed by atoms with van der Waals surface area (Å²) in [6.45, 7) is 1.97. The van der Waals surface area contributed by atoms with Crippen LogP contribution in [0, 0.1) is 0 Å². The Morgan fingerprint density at radius 2 is 2.22 bits per heavy atom. The third-order valence-electron chi connectivity index (χ3n) is 2.36. The zero-order valence-electron chi connectivity index (χ0n) is 10.0. The number of amides is 1. The zero-order valence-corrected chi connectivity index (χ0v) is 10.8. The molecule has 0 unspecified atom stereocenters. The lowest BCUT2D eigenvalue weighted by Crippen LogP contribution is -2.10. The van der Waals surface area contributed by atoms with Gasteiger partial charge >= 0.3 is 0 Å². The third-order valence-corrected chi connectivity index (χ3v) is 2.36. The molecule has 0 saturated heterocycles. The fourth-order valence-electron chi connectivity index (χ4n) is 1.58. The van der Waals surface area contributed by atoms with Gasteiger partial charge < -0.3 is 11.1 Å². The van der Waals surface area contributed by atoms with E-state index in [4.69, 9.17) is 5.73 Å². The van der Waals surface area contributed by atoms with Gasteiger partial charge in [-0.15, -0.1) is 12.4 Å². The second-order valence-corrected chi connectivity index (χ2v) is 3.80. The summed E-state index contributed by atoms with van der Waals surface area (Å²) in [5.74, 6) is 0.267. The van der Waals surface area contributed by atoms with Gasteiger partial charge in [-0.05, 0) is 24.6 Å². The van der Waals surface area contributed by atoms with Crippen LogP contribution < -0.4 is 11.1 Å². The number of nitrogens with two attached hydrogens (primary N) is 1. The minimum Gasteiger partial charge on any atom is -0.368 e. The average Bonchev–Trinajstić information content (AvgIpc) is 2.29. The number of nitrogens with zero attached hydrogens (tertiary/aromatic N) is 2. The van der Waals surface area contributed by atoms with Crippen molar-refractivity contribution in [3.63, 3.8) is 0 Å². The molecule has 1 aromatic carbocycles. The number of hydrogen-bond donors (Lipinski definition) is 2. The summed E-state index contributed by atoms with van der Waals surface area (Å²) in [5.41, 5.74) is 7.01. The maximum Gasteiger partial charge on any atom is 0.224 e. The van der Waals surface area contributed by atoms with Crippen LogP contribution in [-0.4, -0.2) is 15.9 Å². The van der Waals surface area contributed by atoms with Gasteiger partial charge in [0.1, 0.15) is 0 Å². The molecule has 0 radical (unpaired) electrons. The predicted octanol–water partition coefficient (Wildman–Crippen LogP) is 2.37. The summed E-state index contributed by atoms with van der Waals surface area (Å²) in [6, 6.07) is 5.46. The monoisotopic (exact) mass is 266 g/mol. The van der Waals surface area contributed by atoms with Crippen molar-refractivity contribution >= 4 is 40.9 Å². The summed E-state index contributed by atoms with van der Waals surface area (Å²) in [4.78, 5) is 19.4. The molecule has 2 rings (SSSR count). The van der Waals surface area contributed by atoms with Gasteiger partial charge in [-0.3, -0.25) is 4.79 Å². The largest absolute Gasteiger partial charge is 0.368 e. The maximum atomic E-state index is 11.4. The minimum atomic E-state index is 0. The number of benzene rings is 1. The molecule has 0 aliphatic rings. The molecule has 18 heavy (non-hydrogen) atoms. The van der Waals surface area contributed by atoms with E-state index in [2.05, 4.69) is 15.3 Å². The fraction of sp³-hybridized carbons (Fsp3) is 0.250. The Hall–Kier alpha value is -1.88. The smallest absolute Gasteiger partial charge is 0.224 e.